The van der Waals surface area contributed by atoms with Crippen molar-refractivity contribution in [2.75, 3.05) is 32.0 Å². The minimum Gasteiger partial charge on any atom is -0.493 e. The van der Waals surface area contributed by atoms with Crippen molar-refractivity contribution in [3.63, 3.8) is 0 Å². The van der Waals surface area contributed by atoms with E-state index in [1.54, 1.807) is 68.2 Å². The van der Waals surface area contributed by atoms with Crippen molar-refractivity contribution in [3.8, 4) is 28.5 Å². The number of aromatic amines is 1. The molecule has 0 aliphatic carbocycles. The number of hydrogen-bond acceptors (Lipinski definition) is 10. The minimum absolute atomic E-state index is 0.0121. The number of H-pyrrole nitrogens is 1. The molecule has 4 aromatic rings. The fourth-order valence-electron chi connectivity index (χ4n) is 3.13. The Hall–Kier alpha value is -3.94. The molecule has 0 unspecified atom stereocenters. The molecule has 0 aliphatic rings. The van der Waals surface area contributed by atoms with Gasteiger partial charge < -0.3 is 24.8 Å². The van der Waals surface area contributed by atoms with Gasteiger partial charge in [0.1, 0.15) is 6.33 Å². The van der Waals surface area contributed by atoms with Crippen LogP contribution in [0.25, 0.3) is 11.3 Å². The predicted molar refractivity (Wildman–Crippen MR) is 135 cm³/mol. The second-order valence-electron chi connectivity index (χ2n) is 6.81. The number of aromatic nitrogens is 5. The van der Waals surface area contributed by atoms with E-state index in [0.29, 0.717) is 46.2 Å². The highest BCUT2D eigenvalue weighted by Gasteiger charge is 2.14. The molecule has 4 rings (SSSR count). The fourth-order valence-corrected chi connectivity index (χ4v) is 3.49. The van der Waals surface area contributed by atoms with Crippen molar-refractivity contribution >= 4 is 49.8 Å². The lowest BCUT2D eigenvalue weighted by Crippen LogP contribution is -2.03. The van der Waals surface area contributed by atoms with Crippen LogP contribution >= 0.6 is 22.6 Å². The lowest BCUT2D eigenvalue weighted by Gasteiger charge is -2.14. The Morgan fingerprint density at radius 1 is 0.912 bits per heavy atom. The zero-order valence-electron chi connectivity index (χ0n) is 18.4. The number of anilines is 4. The summed E-state index contributed by atoms with van der Waals surface area (Å²) in [5, 5.41) is 13.4. The number of carbonyl (C=O) groups is 1. The molecule has 0 saturated heterocycles. The molecule has 0 radical (unpaired) electrons. The van der Waals surface area contributed by atoms with Gasteiger partial charge in [0.15, 0.2) is 17.3 Å². The van der Waals surface area contributed by atoms with Gasteiger partial charge in [-0.1, -0.05) is 12.1 Å². The standard InChI is InChI=1S/C22H20IN7O4/c1-32-16-8-14(9-17(33-2)19(16)34-3)26-21-24-11-25-22(28-21)27-18-10-15(29-30-18)12-4-6-13(7-5-12)20(23)31/h4-11H,1-3H3,(H3,24,25,26,27,28,29,30). The van der Waals surface area contributed by atoms with Gasteiger partial charge in [-0.3, -0.25) is 9.89 Å². The molecule has 0 aliphatic heterocycles. The first-order valence-electron chi connectivity index (χ1n) is 9.89. The third-order valence-electron chi connectivity index (χ3n) is 4.73. The maximum Gasteiger partial charge on any atom is 0.233 e. The maximum atomic E-state index is 11.5. The predicted octanol–water partition coefficient (Wildman–Crippen LogP) is 4.35. The van der Waals surface area contributed by atoms with E-state index in [1.807, 2.05) is 18.2 Å². The molecule has 34 heavy (non-hydrogen) atoms. The van der Waals surface area contributed by atoms with Crippen molar-refractivity contribution < 1.29 is 19.0 Å². The average Bonchev–Trinajstić information content (AvgIpc) is 3.32. The van der Waals surface area contributed by atoms with Gasteiger partial charge in [-0.05, 0) is 17.7 Å². The van der Waals surface area contributed by atoms with E-state index in [2.05, 4.69) is 35.8 Å². The number of ether oxygens (including phenoxy) is 3. The highest BCUT2D eigenvalue weighted by Crippen LogP contribution is 2.40. The lowest BCUT2D eigenvalue weighted by molar-refractivity contribution is 0.110. The minimum atomic E-state index is -0.0121. The summed E-state index contributed by atoms with van der Waals surface area (Å²) < 4.78 is 16.1. The normalized spacial score (nSPS) is 10.5. The maximum absolute atomic E-state index is 11.5. The van der Waals surface area contributed by atoms with Gasteiger partial charge in [0, 0.05) is 52.0 Å². The Balaban J connectivity index is 1.50. The van der Waals surface area contributed by atoms with Crippen LogP contribution in [0.2, 0.25) is 0 Å². The third-order valence-corrected chi connectivity index (χ3v) is 5.36. The van der Waals surface area contributed by atoms with Gasteiger partial charge >= 0.3 is 0 Å². The van der Waals surface area contributed by atoms with E-state index in [9.17, 15) is 4.79 Å². The number of benzene rings is 2. The summed E-state index contributed by atoms with van der Waals surface area (Å²) >= 11 is 1.76. The number of halogens is 1. The van der Waals surface area contributed by atoms with Crippen molar-refractivity contribution in [2.24, 2.45) is 0 Å². The van der Waals surface area contributed by atoms with Crippen molar-refractivity contribution in [2.45, 2.75) is 0 Å². The molecule has 0 saturated carbocycles. The Bertz CT molecular complexity index is 1290. The van der Waals surface area contributed by atoms with Gasteiger partial charge in [0.2, 0.25) is 21.4 Å². The van der Waals surface area contributed by atoms with E-state index in [0.717, 1.165) is 11.3 Å². The molecule has 3 N–H and O–H groups in total. The SMILES string of the molecule is COc1cc(Nc2ncnc(Nc3cc(-c4ccc(C(=O)I)cc4)[nH]n3)n2)cc(OC)c1OC. The lowest BCUT2D eigenvalue weighted by atomic mass is 10.1. The molecule has 0 spiro atoms. The monoisotopic (exact) mass is 573 g/mol. The van der Waals surface area contributed by atoms with Crippen molar-refractivity contribution in [1.82, 2.24) is 25.1 Å². The van der Waals surface area contributed by atoms with Crippen LogP contribution in [-0.2, 0) is 0 Å². The summed E-state index contributed by atoms with van der Waals surface area (Å²) in [5.41, 5.74) is 2.95. The van der Waals surface area contributed by atoms with Gasteiger partial charge in [-0.25, -0.2) is 9.97 Å². The average molecular weight is 573 g/mol. The third kappa shape index (κ3) is 5.17. The van der Waals surface area contributed by atoms with Gasteiger partial charge in [0.05, 0.1) is 27.0 Å². The Labute approximate surface area is 208 Å². The Morgan fingerprint density at radius 3 is 2.15 bits per heavy atom. The van der Waals surface area contributed by atoms with Crippen LogP contribution in [-0.4, -0.2) is 50.3 Å². The number of methoxy groups -OCH3 is 3. The molecule has 2 heterocycles. The molecule has 0 amide bonds. The van der Waals surface area contributed by atoms with Crippen LogP contribution in [0, 0.1) is 0 Å². The summed E-state index contributed by atoms with van der Waals surface area (Å²) in [6.07, 6.45) is 1.38. The van der Waals surface area contributed by atoms with Crippen LogP contribution in [0.15, 0.2) is 48.8 Å². The number of carbonyl (C=O) groups excluding carboxylic acids is 1. The molecule has 2 aromatic heterocycles. The first kappa shape index (κ1) is 23.2. The van der Waals surface area contributed by atoms with Crippen LogP contribution in [0.1, 0.15) is 10.4 Å². The number of nitrogens with one attached hydrogen (secondary N) is 3. The van der Waals surface area contributed by atoms with E-state index in [4.69, 9.17) is 14.2 Å². The summed E-state index contributed by atoms with van der Waals surface area (Å²) in [5.74, 6) is 2.61. The van der Waals surface area contributed by atoms with E-state index >= 15 is 0 Å². The van der Waals surface area contributed by atoms with E-state index < -0.39 is 0 Å². The zero-order valence-corrected chi connectivity index (χ0v) is 20.6. The van der Waals surface area contributed by atoms with Crippen molar-refractivity contribution in [1.29, 1.82) is 0 Å². The highest BCUT2D eigenvalue weighted by atomic mass is 127. The van der Waals surface area contributed by atoms with Crippen LogP contribution in [0.5, 0.6) is 17.2 Å². The fraction of sp³-hybridized carbons (Fsp3) is 0.136. The van der Waals surface area contributed by atoms with Crippen LogP contribution in [0.3, 0.4) is 0 Å². The number of nitrogens with zero attached hydrogens (tertiary/aromatic N) is 4. The quantitative estimate of drug-likeness (QED) is 0.196. The molecule has 174 valence electrons. The van der Waals surface area contributed by atoms with E-state index in [1.165, 1.54) is 6.33 Å². The largest absolute Gasteiger partial charge is 0.493 e. The van der Waals surface area contributed by atoms with Gasteiger partial charge in [-0.15, -0.1) is 0 Å². The summed E-state index contributed by atoms with van der Waals surface area (Å²) in [7, 11) is 4.63. The summed E-state index contributed by atoms with van der Waals surface area (Å²) in [6.45, 7) is 0. The second-order valence-corrected chi connectivity index (χ2v) is 7.79. The van der Waals surface area contributed by atoms with Crippen LogP contribution < -0.4 is 24.8 Å². The molecule has 2 aromatic carbocycles. The molecular formula is C22H20IN7O4. The summed E-state index contributed by atoms with van der Waals surface area (Å²) in [4.78, 5) is 24.1. The number of hydrogen-bond donors (Lipinski definition) is 3. The first-order valence-corrected chi connectivity index (χ1v) is 11.0. The number of rotatable bonds is 9. The molecular weight excluding hydrogens is 553 g/mol. The molecule has 11 nitrogen and oxygen atoms in total. The van der Waals surface area contributed by atoms with Gasteiger partial charge in [0.25, 0.3) is 0 Å². The highest BCUT2D eigenvalue weighted by molar-refractivity contribution is 14.1. The molecule has 0 bridgehead atoms. The van der Waals surface area contributed by atoms with Gasteiger partial charge in [-0.2, -0.15) is 10.1 Å². The second kappa shape index (κ2) is 10.3. The smallest absolute Gasteiger partial charge is 0.233 e. The van der Waals surface area contributed by atoms with Crippen LogP contribution in [0.4, 0.5) is 23.4 Å². The molecule has 12 heteroatoms. The molecule has 0 fully saturated rings. The molecule has 0 atom stereocenters. The Morgan fingerprint density at radius 2 is 1.56 bits per heavy atom. The topological polar surface area (TPSA) is 136 Å². The zero-order chi connectivity index (χ0) is 24.1. The van der Waals surface area contributed by atoms with E-state index in [-0.39, 0.29) is 3.79 Å². The Kier molecular flexibility index (Phi) is 7.06. The summed E-state index contributed by atoms with van der Waals surface area (Å²) in [6, 6.07) is 12.6. The van der Waals surface area contributed by atoms with Crippen molar-refractivity contribution in [3.05, 3.63) is 54.4 Å². The first-order chi connectivity index (χ1) is 16.5.